The first kappa shape index (κ1) is 13.4. The van der Waals surface area contributed by atoms with Gasteiger partial charge in [-0.15, -0.1) is 0 Å². The van der Waals surface area contributed by atoms with E-state index in [-0.39, 0.29) is 12.3 Å². The predicted octanol–water partition coefficient (Wildman–Crippen LogP) is 3.14. The van der Waals surface area contributed by atoms with Gasteiger partial charge in [0.25, 0.3) is 0 Å². The zero-order chi connectivity index (χ0) is 13.5. The standard InChI is InChI=1S/C14H13ClN2O2/c15-12-7-4-8-13(16-12)17-14(18)9-10-19-11-5-2-1-3-6-11/h1-8H,9-10H2,(H,16,17,18). The molecule has 5 heteroatoms. The van der Waals surface area contributed by atoms with Crippen molar-refractivity contribution < 1.29 is 9.53 Å². The van der Waals surface area contributed by atoms with Crippen LogP contribution in [0.4, 0.5) is 5.82 Å². The van der Waals surface area contributed by atoms with Crippen LogP contribution in [0, 0.1) is 0 Å². The Morgan fingerprint density at radius 1 is 1.16 bits per heavy atom. The largest absolute Gasteiger partial charge is 0.493 e. The highest BCUT2D eigenvalue weighted by Crippen LogP contribution is 2.10. The van der Waals surface area contributed by atoms with E-state index in [1.54, 1.807) is 18.2 Å². The molecular formula is C14H13ClN2O2. The van der Waals surface area contributed by atoms with Crippen LogP contribution in [0.5, 0.6) is 5.75 Å². The fourth-order valence-electron chi connectivity index (χ4n) is 1.46. The number of carbonyl (C=O) groups excluding carboxylic acids is 1. The topological polar surface area (TPSA) is 51.2 Å². The monoisotopic (exact) mass is 276 g/mol. The third-order valence-electron chi connectivity index (χ3n) is 2.32. The molecule has 0 saturated carbocycles. The molecule has 0 saturated heterocycles. The first-order chi connectivity index (χ1) is 9.24. The summed E-state index contributed by atoms with van der Waals surface area (Å²) < 4.78 is 5.43. The smallest absolute Gasteiger partial charge is 0.228 e. The molecule has 1 heterocycles. The van der Waals surface area contributed by atoms with E-state index in [4.69, 9.17) is 16.3 Å². The van der Waals surface area contributed by atoms with Crippen molar-refractivity contribution in [3.8, 4) is 5.75 Å². The van der Waals surface area contributed by atoms with E-state index in [2.05, 4.69) is 10.3 Å². The molecule has 98 valence electrons. The van der Waals surface area contributed by atoms with Crippen LogP contribution in [0.25, 0.3) is 0 Å². The Bertz CT molecular complexity index is 546. The molecule has 0 aliphatic rings. The minimum absolute atomic E-state index is 0.161. The summed E-state index contributed by atoms with van der Waals surface area (Å²) in [6.07, 6.45) is 0.253. The highest BCUT2D eigenvalue weighted by Gasteiger charge is 2.04. The lowest BCUT2D eigenvalue weighted by atomic mass is 10.3. The minimum atomic E-state index is -0.161. The Hall–Kier alpha value is -2.07. The van der Waals surface area contributed by atoms with Crippen LogP contribution in [0.1, 0.15) is 6.42 Å². The molecule has 0 unspecified atom stereocenters. The third-order valence-corrected chi connectivity index (χ3v) is 2.53. The first-order valence-corrected chi connectivity index (χ1v) is 6.22. The van der Waals surface area contributed by atoms with Gasteiger partial charge < -0.3 is 10.1 Å². The zero-order valence-corrected chi connectivity index (χ0v) is 10.9. The van der Waals surface area contributed by atoms with Gasteiger partial charge in [-0.2, -0.15) is 0 Å². The highest BCUT2D eigenvalue weighted by atomic mass is 35.5. The Morgan fingerprint density at radius 2 is 1.95 bits per heavy atom. The van der Waals surface area contributed by atoms with E-state index in [0.29, 0.717) is 17.6 Å². The molecule has 1 amide bonds. The number of aromatic nitrogens is 1. The molecule has 0 aliphatic heterocycles. The molecule has 1 aromatic carbocycles. The van der Waals surface area contributed by atoms with Crippen molar-refractivity contribution in [2.24, 2.45) is 0 Å². The Balaban J connectivity index is 1.76. The van der Waals surface area contributed by atoms with Crippen molar-refractivity contribution in [1.82, 2.24) is 4.98 Å². The molecule has 0 radical (unpaired) electrons. The van der Waals surface area contributed by atoms with Gasteiger partial charge >= 0.3 is 0 Å². The third kappa shape index (κ3) is 4.60. The summed E-state index contributed by atoms with van der Waals surface area (Å²) in [6, 6.07) is 14.4. The minimum Gasteiger partial charge on any atom is -0.493 e. The molecule has 0 atom stereocenters. The van der Waals surface area contributed by atoms with Gasteiger partial charge in [0, 0.05) is 0 Å². The number of benzene rings is 1. The number of anilines is 1. The molecule has 1 aromatic heterocycles. The number of pyridine rings is 1. The molecule has 19 heavy (non-hydrogen) atoms. The number of ether oxygens (including phenoxy) is 1. The maximum absolute atomic E-state index is 11.6. The summed E-state index contributed by atoms with van der Waals surface area (Å²) >= 11 is 5.73. The lowest BCUT2D eigenvalue weighted by molar-refractivity contribution is -0.116. The molecule has 0 fully saturated rings. The number of nitrogens with one attached hydrogen (secondary N) is 1. The van der Waals surface area contributed by atoms with Crippen molar-refractivity contribution in [2.75, 3.05) is 11.9 Å². The molecule has 1 N–H and O–H groups in total. The second-order valence-corrected chi connectivity index (χ2v) is 4.19. The number of hydrogen-bond donors (Lipinski definition) is 1. The zero-order valence-electron chi connectivity index (χ0n) is 10.2. The SMILES string of the molecule is O=C(CCOc1ccccc1)Nc1cccc(Cl)n1. The molecule has 4 nitrogen and oxygen atoms in total. The number of hydrogen-bond acceptors (Lipinski definition) is 3. The summed E-state index contributed by atoms with van der Waals surface area (Å²) in [5.74, 6) is 1.03. The molecule has 0 bridgehead atoms. The normalized spacial score (nSPS) is 9.95. The number of rotatable bonds is 5. The van der Waals surface area contributed by atoms with E-state index < -0.39 is 0 Å². The summed E-state index contributed by atoms with van der Waals surface area (Å²) in [5, 5.41) is 3.00. The molecule has 2 aromatic rings. The van der Waals surface area contributed by atoms with E-state index >= 15 is 0 Å². The van der Waals surface area contributed by atoms with Crippen molar-refractivity contribution in [2.45, 2.75) is 6.42 Å². The van der Waals surface area contributed by atoms with Crippen LogP contribution < -0.4 is 10.1 Å². The van der Waals surface area contributed by atoms with Crippen LogP contribution in [0.3, 0.4) is 0 Å². The molecule has 2 rings (SSSR count). The lowest BCUT2D eigenvalue weighted by Crippen LogP contribution is -2.15. The Morgan fingerprint density at radius 3 is 2.68 bits per heavy atom. The molecule has 0 aliphatic carbocycles. The first-order valence-electron chi connectivity index (χ1n) is 5.84. The van der Waals surface area contributed by atoms with E-state index in [0.717, 1.165) is 5.75 Å². The molecule has 0 spiro atoms. The fraction of sp³-hybridized carbons (Fsp3) is 0.143. The van der Waals surface area contributed by atoms with Gasteiger partial charge in [-0.05, 0) is 24.3 Å². The fourth-order valence-corrected chi connectivity index (χ4v) is 1.63. The second-order valence-electron chi connectivity index (χ2n) is 3.81. The maximum Gasteiger partial charge on any atom is 0.228 e. The van der Waals surface area contributed by atoms with Gasteiger partial charge in [-0.1, -0.05) is 35.9 Å². The van der Waals surface area contributed by atoms with Crippen LogP contribution >= 0.6 is 11.6 Å². The summed E-state index contributed by atoms with van der Waals surface area (Å²) in [6.45, 7) is 0.316. The summed E-state index contributed by atoms with van der Waals surface area (Å²) in [7, 11) is 0. The van der Waals surface area contributed by atoms with Gasteiger partial charge in [0.05, 0.1) is 13.0 Å². The van der Waals surface area contributed by atoms with Crippen LogP contribution in [0.2, 0.25) is 5.15 Å². The molecular weight excluding hydrogens is 264 g/mol. The van der Waals surface area contributed by atoms with Crippen molar-refractivity contribution in [3.63, 3.8) is 0 Å². The van der Waals surface area contributed by atoms with Crippen LogP contribution in [-0.2, 0) is 4.79 Å². The van der Waals surface area contributed by atoms with Gasteiger partial charge in [0.15, 0.2) is 0 Å². The average Bonchev–Trinajstić information content (AvgIpc) is 2.40. The predicted molar refractivity (Wildman–Crippen MR) is 74.4 cm³/mol. The number of para-hydroxylation sites is 1. The van der Waals surface area contributed by atoms with Gasteiger partial charge in [0.2, 0.25) is 5.91 Å². The number of amides is 1. The Kier molecular flexibility index (Phi) is 4.75. The Labute approximate surface area is 116 Å². The van der Waals surface area contributed by atoms with E-state index in [1.807, 2.05) is 30.3 Å². The van der Waals surface area contributed by atoms with Crippen LogP contribution in [0.15, 0.2) is 48.5 Å². The number of halogens is 1. The van der Waals surface area contributed by atoms with Crippen molar-refractivity contribution in [1.29, 1.82) is 0 Å². The quantitative estimate of drug-likeness (QED) is 0.854. The van der Waals surface area contributed by atoms with Gasteiger partial charge in [-0.3, -0.25) is 4.79 Å². The van der Waals surface area contributed by atoms with Crippen LogP contribution in [-0.4, -0.2) is 17.5 Å². The van der Waals surface area contributed by atoms with E-state index in [9.17, 15) is 4.79 Å². The van der Waals surface area contributed by atoms with Gasteiger partial charge in [0.1, 0.15) is 16.7 Å². The van der Waals surface area contributed by atoms with Crippen molar-refractivity contribution >= 4 is 23.3 Å². The number of carbonyl (C=O) groups is 1. The van der Waals surface area contributed by atoms with E-state index in [1.165, 1.54) is 0 Å². The summed E-state index contributed by atoms with van der Waals surface area (Å²) in [4.78, 5) is 15.6. The lowest BCUT2D eigenvalue weighted by Gasteiger charge is -2.06. The highest BCUT2D eigenvalue weighted by molar-refractivity contribution is 6.29. The summed E-state index contributed by atoms with van der Waals surface area (Å²) in [5.41, 5.74) is 0. The number of nitrogens with zero attached hydrogens (tertiary/aromatic N) is 1. The second kappa shape index (κ2) is 6.75. The van der Waals surface area contributed by atoms with Gasteiger partial charge in [-0.25, -0.2) is 4.98 Å². The maximum atomic E-state index is 11.6. The van der Waals surface area contributed by atoms with Crippen molar-refractivity contribution in [3.05, 3.63) is 53.7 Å². The average molecular weight is 277 g/mol.